The second-order valence-corrected chi connectivity index (χ2v) is 6.78. The third kappa shape index (κ3) is 3.98. The average Bonchev–Trinajstić information content (AvgIpc) is 2.99. The molecule has 2 amide bonds. The molecule has 0 fully saturated rings. The van der Waals surface area contributed by atoms with Gasteiger partial charge in [0.2, 0.25) is 5.91 Å². The number of benzene rings is 2. The van der Waals surface area contributed by atoms with Gasteiger partial charge in [0, 0.05) is 13.0 Å². The molecule has 2 aromatic carbocycles. The highest BCUT2D eigenvalue weighted by molar-refractivity contribution is 5.87. The Labute approximate surface area is 162 Å². The zero-order valence-electron chi connectivity index (χ0n) is 15.7. The van der Waals surface area contributed by atoms with Gasteiger partial charge < -0.3 is 20.1 Å². The number of carbonyl (C=O) groups is 3. The molecule has 0 radical (unpaired) electrons. The smallest absolute Gasteiger partial charge is 0.407 e. The van der Waals surface area contributed by atoms with Gasteiger partial charge in [-0.05, 0) is 29.2 Å². The number of aliphatic carboxylic acids is 1. The minimum atomic E-state index is -1.12. The lowest BCUT2D eigenvalue weighted by Gasteiger charge is -2.21. The maximum Gasteiger partial charge on any atom is 0.407 e. The quantitative estimate of drug-likeness (QED) is 0.800. The summed E-state index contributed by atoms with van der Waals surface area (Å²) in [7, 11) is 1.37. The van der Waals surface area contributed by atoms with Gasteiger partial charge in [-0.15, -0.1) is 0 Å². The number of ether oxygens (including phenoxy) is 1. The highest BCUT2D eigenvalue weighted by Crippen LogP contribution is 2.44. The van der Waals surface area contributed by atoms with E-state index in [0.29, 0.717) is 0 Å². The highest BCUT2D eigenvalue weighted by Gasteiger charge is 2.29. The molecule has 0 aromatic heterocycles. The molecule has 0 aliphatic heterocycles. The lowest BCUT2D eigenvalue weighted by Crippen LogP contribution is -2.47. The van der Waals surface area contributed by atoms with Gasteiger partial charge in [0.1, 0.15) is 19.2 Å². The molecule has 7 heteroatoms. The number of carboxylic acids is 1. The Morgan fingerprint density at radius 3 is 2.14 bits per heavy atom. The first-order valence-electron chi connectivity index (χ1n) is 8.96. The number of nitrogens with one attached hydrogen (secondary N) is 1. The van der Waals surface area contributed by atoms with Gasteiger partial charge in [-0.25, -0.2) is 4.79 Å². The highest BCUT2D eigenvalue weighted by atomic mass is 16.5. The molecular formula is C21H22N2O5. The van der Waals surface area contributed by atoms with Crippen molar-refractivity contribution in [3.63, 3.8) is 0 Å². The van der Waals surface area contributed by atoms with Crippen molar-refractivity contribution < 1.29 is 24.2 Å². The molecule has 0 saturated heterocycles. The largest absolute Gasteiger partial charge is 0.480 e. The van der Waals surface area contributed by atoms with Crippen LogP contribution >= 0.6 is 0 Å². The summed E-state index contributed by atoms with van der Waals surface area (Å²) in [5, 5.41) is 11.2. The fraction of sp³-hybridized carbons (Fsp3) is 0.286. The molecule has 146 valence electrons. The third-order valence-electron chi connectivity index (χ3n) is 4.80. The number of hydrogen-bond acceptors (Lipinski definition) is 4. The Kier molecular flexibility index (Phi) is 5.63. The Morgan fingerprint density at radius 2 is 1.61 bits per heavy atom. The Bertz CT molecular complexity index is 866. The maximum atomic E-state index is 12.2. The summed E-state index contributed by atoms with van der Waals surface area (Å²) >= 11 is 0. The van der Waals surface area contributed by atoms with E-state index in [2.05, 4.69) is 5.32 Å². The van der Waals surface area contributed by atoms with Crippen LogP contribution in [-0.4, -0.2) is 54.2 Å². The molecule has 0 spiro atoms. The van der Waals surface area contributed by atoms with Gasteiger partial charge in [0.15, 0.2) is 0 Å². The van der Waals surface area contributed by atoms with Gasteiger partial charge in [0.05, 0.1) is 0 Å². The molecule has 1 aliphatic carbocycles. The Morgan fingerprint density at radius 1 is 1.07 bits per heavy atom. The van der Waals surface area contributed by atoms with Gasteiger partial charge >= 0.3 is 12.1 Å². The normalized spacial score (nSPS) is 13.2. The third-order valence-corrected chi connectivity index (χ3v) is 4.80. The lowest BCUT2D eigenvalue weighted by atomic mass is 9.98. The summed E-state index contributed by atoms with van der Waals surface area (Å²) in [5.41, 5.74) is 4.46. The fourth-order valence-electron chi connectivity index (χ4n) is 3.49. The van der Waals surface area contributed by atoms with E-state index in [9.17, 15) is 14.4 Å². The molecule has 1 atom stereocenters. The van der Waals surface area contributed by atoms with Crippen LogP contribution in [0.1, 0.15) is 24.0 Å². The number of amides is 2. The van der Waals surface area contributed by atoms with Crippen molar-refractivity contribution in [3.8, 4) is 11.1 Å². The predicted molar refractivity (Wildman–Crippen MR) is 103 cm³/mol. The zero-order chi connectivity index (χ0) is 20.3. The van der Waals surface area contributed by atoms with E-state index in [1.165, 1.54) is 14.0 Å². The van der Waals surface area contributed by atoms with Gasteiger partial charge in [-0.3, -0.25) is 9.59 Å². The van der Waals surface area contributed by atoms with Gasteiger partial charge in [-0.1, -0.05) is 48.5 Å². The van der Waals surface area contributed by atoms with Crippen molar-refractivity contribution >= 4 is 18.0 Å². The number of nitrogens with zero attached hydrogens (tertiary/aromatic N) is 1. The van der Waals surface area contributed by atoms with Crippen molar-refractivity contribution in [3.05, 3.63) is 59.7 Å². The average molecular weight is 382 g/mol. The molecule has 0 heterocycles. The summed E-state index contributed by atoms with van der Waals surface area (Å²) in [5.74, 6) is -1.70. The molecule has 2 aromatic rings. The molecule has 3 rings (SSSR count). The van der Waals surface area contributed by atoms with E-state index in [0.717, 1.165) is 27.2 Å². The number of alkyl carbamates (subject to hydrolysis) is 1. The standard InChI is InChI=1S/C21H22N2O5/c1-13(20(26)23(2)11-19(24)25)22-21(27)28-12-18-16-9-5-3-7-14(16)15-8-4-6-10-17(15)18/h3-10,13,18H,11-12H2,1-2H3,(H,22,27)(H,24,25). The first-order valence-corrected chi connectivity index (χ1v) is 8.96. The number of fused-ring (bicyclic) bond motifs is 3. The summed E-state index contributed by atoms with van der Waals surface area (Å²) in [6.07, 6.45) is -0.716. The topological polar surface area (TPSA) is 95.9 Å². The van der Waals surface area contributed by atoms with Crippen LogP contribution in [0.4, 0.5) is 4.79 Å². The van der Waals surface area contributed by atoms with E-state index >= 15 is 0 Å². The second kappa shape index (κ2) is 8.12. The molecule has 0 bridgehead atoms. The molecule has 7 nitrogen and oxygen atoms in total. The summed E-state index contributed by atoms with van der Waals surface area (Å²) in [6.45, 7) is 1.20. The lowest BCUT2D eigenvalue weighted by molar-refractivity contribution is -0.144. The molecule has 1 aliphatic rings. The van der Waals surface area contributed by atoms with E-state index in [-0.39, 0.29) is 12.5 Å². The molecule has 2 N–H and O–H groups in total. The Hall–Kier alpha value is -3.35. The zero-order valence-corrected chi connectivity index (χ0v) is 15.7. The SMILES string of the molecule is CC(NC(=O)OCC1c2ccccc2-c2ccccc21)C(=O)N(C)CC(=O)O. The van der Waals surface area contributed by atoms with Crippen LogP contribution in [0.25, 0.3) is 11.1 Å². The minimum Gasteiger partial charge on any atom is -0.480 e. The monoisotopic (exact) mass is 382 g/mol. The molecule has 1 unspecified atom stereocenters. The summed E-state index contributed by atoms with van der Waals surface area (Å²) < 4.78 is 5.38. The number of rotatable bonds is 6. The van der Waals surface area contributed by atoms with Gasteiger partial charge in [0.25, 0.3) is 0 Å². The van der Waals surface area contributed by atoms with Crippen LogP contribution in [0.5, 0.6) is 0 Å². The van der Waals surface area contributed by atoms with E-state index < -0.39 is 30.6 Å². The first-order chi connectivity index (χ1) is 13.4. The molecule has 28 heavy (non-hydrogen) atoms. The second-order valence-electron chi connectivity index (χ2n) is 6.78. The first kappa shape index (κ1) is 19.4. The summed E-state index contributed by atoms with van der Waals surface area (Å²) in [4.78, 5) is 36.0. The number of likely N-dealkylation sites (N-methyl/N-ethyl adjacent to an activating group) is 1. The maximum absolute atomic E-state index is 12.2. The van der Waals surface area contributed by atoms with Crippen molar-refractivity contribution in [1.29, 1.82) is 0 Å². The van der Waals surface area contributed by atoms with E-state index in [1.54, 1.807) is 0 Å². The summed E-state index contributed by atoms with van der Waals surface area (Å²) in [6, 6.07) is 15.1. The van der Waals surface area contributed by atoms with Crippen molar-refractivity contribution in [2.75, 3.05) is 20.2 Å². The van der Waals surface area contributed by atoms with E-state index in [1.807, 2.05) is 48.5 Å². The molecular weight excluding hydrogens is 360 g/mol. The van der Waals surface area contributed by atoms with Crippen LogP contribution in [-0.2, 0) is 14.3 Å². The van der Waals surface area contributed by atoms with Crippen molar-refractivity contribution in [2.45, 2.75) is 18.9 Å². The Balaban J connectivity index is 1.62. The van der Waals surface area contributed by atoms with Crippen LogP contribution in [0, 0.1) is 0 Å². The minimum absolute atomic E-state index is 0.0705. The number of hydrogen-bond donors (Lipinski definition) is 2. The van der Waals surface area contributed by atoms with Crippen molar-refractivity contribution in [1.82, 2.24) is 10.2 Å². The van der Waals surface area contributed by atoms with Crippen molar-refractivity contribution in [2.24, 2.45) is 0 Å². The van der Waals surface area contributed by atoms with Crippen LogP contribution in [0.15, 0.2) is 48.5 Å². The van der Waals surface area contributed by atoms with Gasteiger partial charge in [-0.2, -0.15) is 0 Å². The predicted octanol–water partition coefficient (Wildman–Crippen LogP) is 2.46. The van der Waals surface area contributed by atoms with Crippen LogP contribution < -0.4 is 5.32 Å². The number of carboxylic acid groups (broad SMARTS) is 1. The molecule has 0 saturated carbocycles. The number of carbonyl (C=O) groups excluding carboxylic acids is 2. The van der Waals surface area contributed by atoms with E-state index in [4.69, 9.17) is 9.84 Å². The van der Waals surface area contributed by atoms with Crippen LogP contribution in [0.3, 0.4) is 0 Å². The van der Waals surface area contributed by atoms with Crippen LogP contribution in [0.2, 0.25) is 0 Å². The fourth-order valence-corrected chi connectivity index (χ4v) is 3.49.